The van der Waals surface area contributed by atoms with E-state index < -0.39 is 28.9 Å². The van der Waals surface area contributed by atoms with Crippen molar-refractivity contribution in [2.24, 2.45) is 5.73 Å². The number of halogens is 5. The Hall–Kier alpha value is -1.71. The molecule has 1 heterocycles. The molecular formula is C8H5F5N2O2S. The Labute approximate surface area is 101 Å². The predicted molar refractivity (Wildman–Crippen MR) is 52.5 cm³/mol. The van der Waals surface area contributed by atoms with Crippen molar-refractivity contribution >= 4 is 28.2 Å². The molecule has 1 aromatic rings. The molecule has 0 radical (unpaired) electrons. The van der Waals surface area contributed by atoms with Crippen LogP contribution in [0.1, 0.15) is 10.4 Å². The second-order valence-corrected chi connectivity index (χ2v) is 3.97. The Morgan fingerprint density at radius 3 is 2.22 bits per heavy atom. The molecule has 0 unspecified atom stereocenters. The average Bonchev–Trinajstić information content (AvgIpc) is 2.63. The number of hydrogen-bond acceptors (Lipinski definition) is 3. The van der Waals surface area contributed by atoms with Gasteiger partial charge in [-0.15, -0.1) is 11.3 Å². The van der Waals surface area contributed by atoms with Gasteiger partial charge in [0.1, 0.15) is 5.00 Å². The monoisotopic (exact) mass is 288 g/mol. The van der Waals surface area contributed by atoms with Gasteiger partial charge in [0.05, 0.1) is 5.56 Å². The van der Waals surface area contributed by atoms with Crippen molar-refractivity contribution in [2.45, 2.75) is 12.1 Å². The van der Waals surface area contributed by atoms with Gasteiger partial charge in [-0.3, -0.25) is 9.59 Å². The summed E-state index contributed by atoms with van der Waals surface area (Å²) >= 11 is 0.599. The van der Waals surface area contributed by atoms with Crippen molar-refractivity contribution in [3.63, 3.8) is 0 Å². The first-order valence-corrected chi connectivity index (χ1v) is 5.08. The van der Waals surface area contributed by atoms with Crippen LogP contribution in [0.25, 0.3) is 0 Å². The van der Waals surface area contributed by atoms with E-state index in [1.165, 1.54) is 10.7 Å². The summed E-state index contributed by atoms with van der Waals surface area (Å²) in [4.78, 5) is 21.6. The third-order valence-electron chi connectivity index (χ3n) is 1.80. The first kappa shape index (κ1) is 14.4. The maximum Gasteiger partial charge on any atom is 0.463 e. The van der Waals surface area contributed by atoms with Crippen LogP contribution in [0.2, 0.25) is 0 Å². The first-order chi connectivity index (χ1) is 8.07. The lowest BCUT2D eigenvalue weighted by Gasteiger charge is -2.18. The molecule has 0 bridgehead atoms. The lowest BCUT2D eigenvalue weighted by molar-refractivity contribution is -0.267. The van der Waals surface area contributed by atoms with Gasteiger partial charge in [-0.1, -0.05) is 0 Å². The van der Waals surface area contributed by atoms with Crippen LogP contribution in [-0.2, 0) is 4.79 Å². The summed E-state index contributed by atoms with van der Waals surface area (Å²) in [6.07, 6.45) is -6.01. The van der Waals surface area contributed by atoms with E-state index in [4.69, 9.17) is 5.73 Å². The van der Waals surface area contributed by atoms with Gasteiger partial charge in [-0.2, -0.15) is 22.0 Å². The number of nitrogens with two attached hydrogens (primary N) is 1. The fraction of sp³-hybridized carbons (Fsp3) is 0.250. The number of carbonyl (C=O) groups excluding carboxylic acids is 2. The van der Waals surface area contributed by atoms with Crippen LogP contribution in [0.4, 0.5) is 27.0 Å². The summed E-state index contributed by atoms with van der Waals surface area (Å²) in [7, 11) is 0. The van der Waals surface area contributed by atoms with Gasteiger partial charge >= 0.3 is 18.0 Å². The molecule has 0 fully saturated rings. The van der Waals surface area contributed by atoms with Crippen molar-refractivity contribution < 1.29 is 31.5 Å². The van der Waals surface area contributed by atoms with E-state index in [1.54, 1.807) is 0 Å². The fourth-order valence-corrected chi connectivity index (χ4v) is 1.70. The molecule has 0 saturated carbocycles. The molecule has 4 nitrogen and oxygen atoms in total. The third kappa shape index (κ3) is 2.58. The van der Waals surface area contributed by atoms with E-state index in [2.05, 4.69) is 0 Å². The Kier molecular flexibility index (Phi) is 3.60. The molecule has 100 valence electrons. The highest BCUT2D eigenvalue weighted by atomic mass is 32.1. The fourth-order valence-electron chi connectivity index (χ4n) is 0.910. The van der Waals surface area contributed by atoms with Crippen molar-refractivity contribution in [2.75, 3.05) is 5.32 Å². The van der Waals surface area contributed by atoms with E-state index in [9.17, 15) is 31.5 Å². The molecule has 2 amide bonds. The number of rotatable bonds is 3. The number of alkyl halides is 5. The second-order valence-electron chi connectivity index (χ2n) is 3.05. The summed E-state index contributed by atoms with van der Waals surface area (Å²) in [5.41, 5.74) is 4.49. The molecule has 10 heteroatoms. The van der Waals surface area contributed by atoms with E-state index in [1.807, 2.05) is 0 Å². The van der Waals surface area contributed by atoms with Gasteiger partial charge in [0.15, 0.2) is 0 Å². The minimum absolute atomic E-state index is 0.341. The molecular weight excluding hydrogens is 283 g/mol. The van der Waals surface area contributed by atoms with Gasteiger partial charge in [0, 0.05) is 0 Å². The molecule has 0 aliphatic rings. The molecule has 0 spiro atoms. The summed E-state index contributed by atoms with van der Waals surface area (Å²) in [5.74, 6) is -9.17. The Morgan fingerprint density at radius 2 is 1.78 bits per heavy atom. The predicted octanol–water partition coefficient (Wildman–Crippen LogP) is 1.98. The summed E-state index contributed by atoms with van der Waals surface area (Å²) < 4.78 is 60.8. The summed E-state index contributed by atoms with van der Waals surface area (Å²) in [6, 6.07) is 1.09. The number of anilines is 1. The van der Waals surface area contributed by atoms with Crippen molar-refractivity contribution in [1.29, 1.82) is 0 Å². The van der Waals surface area contributed by atoms with Crippen molar-refractivity contribution in [3.8, 4) is 0 Å². The van der Waals surface area contributed by atoms with Gasteiger partial charge < -0.3 is 11.1 Å². The van der Waals surface area contributed by atoms with E-state index in [0.29, 0.717) is 11.3 Å². The van der Waals surface area contributed by atoms with Crippen LogP contribution < -0.4 is 11.1 Å². The molecule has 0 atom stereocenters. The van der Waals surface area contributed by atoms with Crippen LogP contribution in [-0.4, -0.2) is 23.9 Å². The molecule has 0 aliphatic heterocycles. The topological polar surface area (TPSA) is 72.2 Å². The van der Waals surface area contributed by atoms with E-state index >= 15 is 0 Å². The lowest BCUT2D eigenvalue weighted by atomic mass is 10.2. The highest BCUT2D eigenvalue weighted by Crippen LogP contribution is 2.37. The normalized spacial score (nSPS) is 12.3. The van der Waals surface area contributed by atoms with E-state index in [0.717, 1.165) is 6.07 Å². The molecule has 0 saturated heterocycles. The summed E-state index contributed by atoms with van der Waals surface area (Å²) in [6.45, 7) is 0. The maximum absolute atomic E-state index is 12.6. The van der Waals surface area contributed by atoms with Gasteiger partial charge in [0.2, 0.25) is 0 Å². The average molecular weight is 288 g/mol. The van der Waals surface area contributed by atoms with Gasteiger partial charge in [-0.25, -0.2) is 0 Å². The zero-order chi connectivity index (χ0) is 14.1. The van der Waals surface area contributed by atoms with Crippen molar-refractivity contribution in [1.82, 2.24) is 0 Å². The van der Waals surface area contributed by atoms with Crippen molar-refractivity contribution in [3.05, 3.63) is 17.0 Å². The lowest BCUT2D eigenvalue weighted by Crippen LogP contribution is -2.47. The SMILES string of the molecule is NC(=O)c1ccsc1NC(=O)C(F)(F)C(F)(F)F. The number of primary amides is 1. The van der Waals surface area contributed by atoms with Crippen LogP contribution >= 0.6 is 11.3 Å². The largest absolute Gasteiger partial charge is 0.463 e. The van der Waals surface area contributed by atoms with Crippen LogP contribution in [0.3, 0.4) is 0 Å². The standard InChI is InChI=1S/C8H5F5N2O2S/c9-7(10,8(11,12)13)6(17)15-5-3(4(14)16)1-2-18-5/h1-2H,(H2,14,16)(H,15,17). The minimum atomic E-state index is -6.01. The molecule has 3 N–H and O–H groups in total. The highest BCUT2D eigenvalue weighted by molar-refractivity contribution is 7.14. The van der Waals surface area contributed by atoms with Crippen LogP contribution in [0, 0.1) is 0 Å². The number of amides is 2. The number of nitrogens with one attached hydrogen (secondary N) is 1. The Bertz CT molecular complexity index is 482. The second kappa shape index (κ2) is 4.52. The first-order valence-electron chi connectivity index (χ1n) is 4.20. The van der Waals surface area contributed by atoms with Crippen LogP contribution in [0.5, 0.6) is 0 Å². The zero-order valence-electron chi connectivity index (χ0n) is 8.35. The molecule has 1 aromatic heterocycles. The molecule has 0 aliphatic carbocycles. The third-order valence-corrected chi connectivity index (χ3v) is 2.63. The van der Waals surface area contributed by atoms with Gasteiger partial charge in [-0.05, 0) is 11.4 Å². The molecule has 0 aromatic carbocycles. The number of thiophene rings is 1. The molecule has 18 heavy (non-hydrogen) atoms. The Morgan fingerprint density at radius 1 is 1.22 bits per heavy atom. The van der Waals surface area contributed by atoms with Gasteiger partial charge in [0.25, 0.3) is 5.91 Å². The highest BCUT2D eigenvalue weighted by Gasteiger charge is 2.63. The number of carbonyl (C=O) groups is 2. The smallest absolute Gasteiger partial charge is 0.366 e. The zero-order valence-corrected chi connectivity index (χ0v) is 9.16. The van der Waals surface area contributed by atoms with Crippen LogP contribution in [0.15, 0.2) is 11.4 Å². The molecule has 1 rings (SSSR count). The van der Waals surface area contributed by atoms with E-state index in [-0.39, 0.29) is 5.56 Å². The minimum Gasteiger partial charge on any atom is -0.366 e. The summed E-state index contributed by atoms with van der Waals surface area (Å²) in [5, 5.41) is 2.08. The maximum atomic E-state index is 12.6. The quantitative estimate of drug-likeness (QED) is 0.835. The Balaban J connectivity index is 2.95. The number of hydrogen-bond donors (Lipinski definition) is 2.